The average molecular weight is 236 g/mol. The van der Waals surface area contributed by atoms with Crippen molar-refractivity contribution in [2.75, 3.05) is 5.73 Å². The van der Waals surface area contributed by atoms with Crippen LogP contribution in [-0.4, -0.2) is 8.42 Å². The van der Waals surface area contributed by atoms with Crippen LogP contribution < -0.4 is 15.6 Å². The normalized spacial score (nSPS) is 11.6. The zero-order chi connectivity index (χ0) is 10.8. The van der Waals surface area contributed by atoms with Crippen molar-refractivity contribution in [3.63, 3.8) is 0 Å². The highest BCUT2D eigenvalue weighted by Crippen LogP contribution is 2.18. The van der Waals surface area contributed by atoms with E-state index < -0.39 is 10.2 Å². The van der Waals surface area contributed by atoms with Gasteiger partial charge in [0.25, 0.3) is 10.2 Å². The van der Waals surface area contributed by atoms with Gasteiger partial charge < -0.3 is 5.73 Å². The molecule has 0 heterocycles. The smallest absolute Gasteiger partial charge is 0.274 e. The number of rotatable bonds is 3. The van der Waals surface area contributed by atoms with E-state index in [4.69, 9.17) is 22.5 Å². The summed E-state index contributed by atoms with van der Waals surface area (Å²) in [5.41, 5.74) is 6.60. The van der Waals surface area contributed by atoms with Crippen LogP contribution in [0.25, 0.3) is 0 Å². The highest BCUT2D eigenvalue weighted by molar-refractivity contribution is 7.87. The fourth-order valence-corrected chi connectivity index (χ4v) is 1.50. The Hall–Kier alpha value is -0.820. The molecule has 0 unspecified atom stereocenters. The van der Waals surface area contributed by atoms with E-state index in [0.29, 0.717) is 16.3 Å². The second-order valence-corrected chi connectivity index (χ2v) is 4.50. The van der Waals surface area contributed by atoms with Gasteiger partial charge in [-0.25, -0.2) is 5.14 Å². The number of hydrogen-bond acceptors (Lipinski definition) is 3. The molecule has 5 N–H and O–H groups in total. The average Bonchev–Trinajstić information content (AvgIpc) is 2.00. The molecule has 14 heavy (non-hydrogen) atoms. The monoisotopic (exact) mass is 235 g/mol. The van der Waals surface area contributed by atoms with Crippen LogP contribution in [0.5, 0.6) is 0 Å². The number of nitrogens with two attached hydrogens (primary N) is 2. The van der Waals surface area contributed by atoms with Gasteiger partial charge in [0.05, 0.1) is 0 Å². The van der Waals surface area contributed by atoms with Gasteiger partial charge in [0.1, 0.15) is 0 Å². The summed E-state index contributed by atoms with van der Waals surface area (Å²) in [6.07, 6.45) is 0. The first-order chi connectivity index (χ1) is 6.38. The predicted molar refractivity (Wildman–Crippen MR) is 55.8 cm³/mol. The second kappa shape index (κ2) is 4.14. The minimum atomic E-state index is -3.69. The van der Waals surface area contributed by atoms with E-state index >= 15 is 0 Å². The quantitative estimate of drug-likeness (QED) is 0.654. The molecule has 1 rings (SSSR count). The van der Waals surface area contributed by atoms with Gasteiger partial charge in [0.2, 0.25) is 0 Å². The second-order valence-electron chi connectivity index (χ2n) is 2.72. The lowest BCUT2D eigenvalue weighted by molar-refractivity contribution is 0.583. The van der Waals surface area contributed by atoms with Gasteiger partial charge in [-0.3, -0.25) is 0 Å². The van der Waals surface area contributed by atoms with Crippen LogP contribution in [0, 0.1) is 0 Å². The van der Waals surface area contributed by atoms with Gasteiger partial charge in [-0.1, -0.05) is 17.7 Å². The molecule has 0 saturated heterocycles. The molecule has 0 spiro atoms. The summed E-state index contributed by atoms with van der Waals surface area (Å²) in [6.45, 7) is 0.0535. The van der Waals surface area contributed by atoms with Crippen molar-refractivity contribution in [1.29, 1.82) is 0 Å². The molecule has 0 fully saturated rings. The van der Waals surface area contributed by atoms with E-state index in [2.05, 4.69) is 4.72 Å². The van der Waals surface area contributed by atoms with Gasteiger partial charge in [-0.15, -0.1) is 0 Å². The van der Waals surface area contributed by atoms with Gasteiger partial charge in [0, 0.05) is 17.3 Å². The van der Waals surface area contributed by atoms with Gasteiger partial charge in [-0.05, 0) is 17.7 Å². The summed E-state index contributed by atoms with van der Waals surface area (Å²) >= 11 is 5.80. The zero-order valence-electron chi connectivity index (χ0n) is 7.20. The summed E-state index contributed by atoms with van der Waals surface area (Å²) in [5, 5.41) is 5.16. The van der Waals surface area contributed by atoms with Crippen molar-refractivity contribution in [3.8, 4) is 0 Å². The van der Waals surface area contributed by atoms with Gasteiger partial charge in [0.15, 0.2) is 0 Å². The molecule has 0 aliphatic rings. The minimum Gasteiger partial charge on any atom is -0.399 e. The van der Waals surface area contributed by atoms with E-state index in [1.54, 1.807) is 18.2 Å². The highest BCUT2D eigenvalue weighted by atomic mass is 35.5. The maximum Gasteiger partial charge on any atom is 0.274 e. The molecule has 0 saturated carbocycles. The Kier molecular flexibility index (Phi) is 3.33. The maximum absolute atomic E-state index is 10.6. The first kappa shape index (κ1) is 11.3. The zero-order valence-corrected chi connectivity index (χ0v) is 8.77. The Morgan fingerprint density at radius 3 is 2.57 bits per heavy atom. The molecule has 0 aliphatic carbocycles. The van der Waals surface area contributed by atoms with Crippen LogP contribution in [-0.2, 0) is 16.8 Å². The lowest BCUT2D eigenvalue weighted by atomic mass is 10.2. The summed E-state index contributed by atoms with van der Waals surface area (Å²) in [5.74, 6) is 0. The number of nitrogens with one attached hydrogen (secondary N) is 1. The predicted octanol–water partition coefficient (Wildman–Crippen LogP) is 0.215. The third-order valence-corrected chi connectivity index (χ3v) is 2.44. The molecule has 0 bridgehead atoms. The van der Waals surface area contributed by atoms with Crippen molar-refractivity contribution < 1.29 is 8.42 Å². The fraction of sp³-hybridized carbons (Fsp3) is 0.143. The number of halogens is 1. The number of nitrogen functional groups attached to an aromatic ring is 1. The van der Waals surface area contributed by atoms with E-state index in [9.17, 15) is 8.42 Å². The Bertz CT molecular complexity index is 433. The fourth-order valence-electron chi connectivity index (χ4n) is 0.885. The van der Waals surface area contributed by atoms with E-state index in [0.717, 1.165) is 0 Å². The van der Waals surface area contributed by atoms with Crippen molar-refractivity contribution in [3.05, 3.63) is 28.8 Å². The Balaban J connectivity index is 2.78. The van der Waals surface area contributed by atoms with Crippen molar-refractivity contribution in [2.45, 2.75) is 6.54 Å². The number of benzene rings is 1. The van der Waals surface area contributed by atoms with Crippen LogP contribution in [0.15, 0.2) is 18.2 Å². The topological polar surface area (TPSA) is 98.2 Å². The Labute approximate surface area is 87.2 Å². The van der Waals surface area contributed by atoms with E-state index in [-0.39, 0.29) is 6.54 Å². The molecule has 5 nitrogen and oxygen atoms in total. The van der Waals surface area contributed by atoms with E-state index in [1.165, 1.54) is 0 Å². The lowest BCUT2D eigenvalue weighted by Crippen LogP contribution is -2.30. The molecule has 1 aromatic rings. The molecule has 0 aliphatic heterocycles. The summed E-state index contributed by atoms with van der Waals surface area (Å²) in [6, 6.07) is 4.81. The Morgan fingerprint density at radius 1 is 1.43 bits per heavy atom. The van der Waals surface area contributed by atoms with Crippen molar-refractivity contribution in [2.24, 2.45) is 5.14 Å². The van der Waals surface area contributed by atoms with Gasteiger partial charge >= 0.3 is 0 Å². The van der Waals surface area contributed by atoms with Crippen LogP contribution in [0.1, 0.15) is 5.56 Å². The molecule has 7 heteroatoms. The maximum atomic E-state index is 10.6. The lowest BCUT2D eigenvalue weighted by Gasteiger charge is -2.05. The molecular weight excluding hydrogens is 226 g/mol. The summed E-state index contributed by atoms with van der Waals surface area (Å²) in [4.78, 5) is 0. The molecule has 1 aromatic carbocycles. The van der Waals surface area contributed by atoms with Crippen LogP contribution in [0.3, 0.4) is 0 Å². The van der Waals surface area contributed by atoms with Gasteiger partial charge in [-0.2, -0.15) is 13.1 Å². The molecule has 0 atom stereocenters. The molecule has 0 aromatic heterocycles. The largest absolute Gasteiger partial charge is 0.399 e. The van der Waals surface area contributed by atoms with Crippen molar-refractivity contribution >= 4 is 27.5 Å². The van der Waals surface area contributed by atoms with Crippen LogP contribution in [0.4, 0.5) is 5.69 Å². The minimum absolute atomic E-state index is 0.0535. The number of anilines is 1. The molecule has 78 valence electrons. The van der Waals surface area contributed by atoms with Crippen LogP contribution in [0.2, 0.25) is 5.02 Å². The highest BCUT2D eigenvalue weighted by Gasteiger charge is 2.04. The van der Waals surface area contributed by atoms with Crippen molar-refractivity contribution in [1.82, 2.24) is 4.72 Å². The summed E-state index contributed by atoms with van der Waals surface area (Å²) in [7, 11) is -3.69. The van der Waals surface area contributed by atoms with Crippen LogP contribution >= 0.6 is 11.6 Å². The first-order valence-electron chi connectivity index (χ1n) is 3.70. The third-order valence-electron chi connectivity index (χ3n) is 1.54. The Morgan fingerprint density at radius 2 is 2.07 bits per heavy atom. The van der Waals surface area contributed by atoms with E-state index in [1.807, 2.05) is 0 Å². The first-order valence-corrected chi connectivity index (χ1v) is 5.62. The molecular formula is C7H10ClN3O2S. The SMILES string of the molecule is Nc1ccc(CNS(N)(=O)=O)c(Cl)c1. The molecule has 0 radical (unpaired) electrons. The number of hydrogen-bond donors (Lipinski definition) is 3. The summed E-state index contributed by atoms with van der Waals surface area (Å²) < 4.78 is 23.3. The molecule has 0 amide bonds. The third kappa shape index (κ3) is 3.51. The standard InChI is InChI=1S/C7H10ClN3O2S/c8-7-3-6(9)2-1-5(7)4-11-14(10,12)13/h1-3,11H,4,9H2,(H2,10,12,13).